The predicted octanol–water partition coefficient (Wildman–Crippen LogP) is 2.24. The monoisotopic (exact) mass is 318 g/mol. The number of nitrogens with two attached hydrogens (primary N) is 1. The van der Waals surface area contributed by atoms with Crippen molar-refractivity contribution in [1.82, 2.24) is 4.90 Å². The molecule has 0 aliphatic heterocycles. The highest BCUT2D eigenvalue weighted by Gasteiger charge is 2.18. The maximum atomic E-state index is 12.1. The third-order valence-electron chi connectivity index (χ3n) is 2.19. The van der Waals surface area contributed by atoms with Crippen LogP contribution in [-0.2, 0) is 4.79 Å². The molecular formula is C11H15BrN2O2S. The van der Waals surface area contributed by atoms with Crippen LogP contribution in [0.4, 0.5) is 0 Å². The quantitative estimate of drug-likeness (QED) is 0.874. The molecule has 4 nitrogen and oxygen atoms in total. The SMILES string of the molecule is CCCCN(CC(N)=O)C(=O)c1cc(Br)cs1. The number of primary amides is 1. The Bertz CT molecular complexity index is 406. The Morgan fingerprint density at radius 2 is 2.24 bits per heavy atom. The molecule has 0 saturated carbocycles. The average molecular weight is 319 g/mol. The average Bonchev–Trinajstić information content (AvgIpc) is 2.69. The van der Waals surface area contributed by atoms with E-state index in [-0.39, 0.29) is 12.5 Å². The van der Waals surface area contributed by atoms with E-state index in [1.54, 1.807) is 6.07 Å². The second-order valence-corrected chi connectivity index (χ2v) is 5.50. The number of hydrogen-bond acceptors (Lipinski definition) is 3. The van der Waals surface area contributed by atoms with E-state index in [0.29, 0.717) is 11.4 Å². The molecule has 0 fully saturated rings. The van der Waals surface area contributed by atoms with Crippen molar-refractivity contribution in [2.75, 3.05) is 13.1 Å². The van der Waals surface area contributed by atoms with Gasteiger partial charge >= 0.3 is 0 Å². The maximum Gasteiger partial charge on any atom is 0.264 e. The summed E-state index contributed by atoms with van der Waals surface area (Å²) >= 11 is 4.66. The zero-order valence-electron chi connectivity index (χ0n) is 9.61. The van der Waals surface area contributed by atoms with Crippen LogP contribution in [0.15, 0.2) is 15.9 Å². The van der Waals surface area contributed by atoms with Gasteiger partial charge in [0.25, 0.3) is 5.91 Å². The fourth-order valence-electron chi connectivity index (χ4n) is 1.37. The summed E-state index contributed by atoms with van der Waals surface area (Å²) in [6.45, 7) is 2.58. The van der Waals surface area contributed by atoms with Crippen LogP contribution >= 0.6 is 27.3 Å². The molecule has 1 aromatic heterocycles. The summed E-state index contributed by atoms with van der Waals surface area (Å²) in [4.78, 5) is 25.2. The number of rotatable bonds is 6. The summed E-state index contributed by atoms with van der Waals surface area (Å²) < 4.78 is 0.875. The minimum atomic E-state index is -0.481. The minimum Gasteiger partial charge on any atom is -0.368 e. The van der Waals surface area contributed by atoms with Crippen molar-refractivity contribution in [2.45, 2.75) is 19.8 Å². The summed E-state index contributed by atoms with van der Waals surface area (Å²) in [5.41, 5.74) is 5.15. The molecule has 1 aromatic rings. The molecule has 17 heavy (non-hydrogen) atoms. The molecular weight excluding hydrogens is 304 g/mol. The summed E-state index contributed by atoms with van der Waals surface area (Å²) in [5.74, 6) is -0.613. The van der Waals surface area contributed by atoms with Crippen LogP contribution in [0.25, 0.3) is 0 Å². The van der Waals surface area contributed by atoms with Gasteiger partial charge in [0.2, 0.25) is 5.91 Å². The zero-order chi connectivity index (χ0) is 12.8. The smallest absolute Gasteiger partial charge is 0.264 e. The Morgan fingerprint density at radius 3 is 2.71 bits per heavy atom. The van der Waals surface area contributed by atoms with E-state index in [9.17, 15) is 9.59 Å². The van der Waals surface area contributed by atoms with E-state index in [1.807, 2.05) is 12.3 Å². The summed E-state index contributed by atoms with van der Waals surface area (Å²) in [5, 5.41) is 1.84. The van der Waals surface area contributed by atoms with Crippen LogP contribution in [-0.4, -0.2) is 29.8 Å². The van der Waals surface area contributed by atoms with Gasteiger partial charge in [0.1, 0.15) is 0 Å². The fraction of sp³-hybridized carbons (Fsp3) is 0.455. The highest BCUT2D eigenvalue weighted by Crippen LogP contribution is 2.21. The third kappa shape index (κ3) is 4.47. The maximum absolute atomic E-state index is 12.1. The highest BCUT2D eigenvalue weighted by atomic mass is 79.9. The van der Waals surface area contributed by atoms with E-state index in [1.165, 1.54) is 16.2 Å². The second kappa shape index (κ2) is 6.76. The van der Waals surface area contributed by atoms with Gasteiger partial charge in [-0.2, -0.15) is 0 Å². The lowest BCUT2D eigenvalue weighted by atomic mass is 10.3. The molecule has 1 heterocycles. The van der Waals surface area contributed by atoms with Crippen LogP contribution in [0, 0.1) is 0 Å². The van der Waals surface area contributed by atoms with Gasteiger partial charge in [0, 0.05) is 16.4 Å². The van der Waals surface area contributed by atoms with Gasteiger partial charge in [-0.15, -0.1) is 11.3 Å². The first-order chi connectivity index (χ1) is 8.04. The number of carbonyl (C=O) groups is 2. The number of carbonyl (C=O) groups excluding carboxylic acids is 2. The molecule has 2 N–H and O–H groups in total. The molecule has 0 atom stereocenters. The van der Waals surface area contributed by atoms with E-state index < -0.39 is 5.91 Å². The van der Waals surface area contributed by atoms with Crippen LogP contribution in [0.5, 0.6) is 0 Å². The first-order valence-electron chi connectivity index (χ1n) is 5.36. The standard InChI is InChI=1S/C11H15BrN2O2S/c1-2-3-4-14(6-10(13)15)11(16)9-5-8(12)7-17-9/h5,7H,2-4,6H2,1H3,(H2,13,15). The topological polar surface area (TPSA) is 63.4 Å². The number of thiophene rings is 1. The normalized spacial score (nSPS) is 10.2. The van der Waals surface area contributed by atoms with Crippen molar-refractivity contribution < 1.29 is 9.59 Å². The van der Waals surface area contributed by atoms with E-state index in [4.69, 9.17) is 5.73 Å². The van der Waals surface area contributed by atoms with E-state index in [2.05, 4.69) is 15.9 Å². The molecule has 1 rings (SSSR count). The van der Waals surface area contributed by atoms with Crippen LogP contribution in [0.3, 0.4) is 0 Å². The number of halogens is 1. The molecule has 6 heteroatoms. The van der Waals surface area contributed by atoms with E-state index >= 15 is 0 Å². The number of unbranched alkanes of at least 4 members (excludes halogenated alkanes) is 1. The molecule has 0 unspecified atom stereocenters. The Morgan fingerprint density at radius 1 is 1.53 bits per heavy atom. The van der Waals surface area contributed by atoms with Crippen LogP contribution in [0.1, 0.15) is 29.4 Å². The van der Waals surface area contributed by atoms with Crippen molar-refractivity contribution >= 4 is 39.1 Å². The Hall–Kier alpha value is -0.880. The third-order valence-corrected chi connectivity index (χ3v) is 3.87. The van der Waals surface area contributed by atoms with Crippen molar-refractivity contribution in [3.8, 4) is 0 Å². The number of nitrogens with zero attached hydrogens (tertiary/aromatic N) is 1. The first kappa shape index (κ1) is 14.2. The van der Waals surface area contributed by atoms with Gasteiger partial charge in [0.15, 0.2) is 0 Å². The summed E-state index contributed by atoms with van der Waals surface area (Å²) in [7, 11) is 0. The lowest BCUT2D eigenvalue weighted by molar-refractivity contribution is -0.118. The lowest BCUT2D eigenvalue weighted by Gasteiger charge is -2.19. The molecule has 0 saturated heterocycles. The van der Waals surface area contributed by atoms with Gasteiger partial charge in [-0.05, 0) is 28.4 Å². The molecule has 0 aliphatic rings. The molecule has 0 radical (unpaired) electrons. The zero-order valence-corrected chi connectivity index (χ0v) is 12.0. The lowest BCUT2D eigenvalue weighted by Crippen LogP contribution is -2.38. The Balaban J connectivity index is 2.74. The molecule has 94 valence electrons. The van der Waals surface area contributed by atoms with Gasteiger partial charge in [-0.25, -0.2) is 0 Å². The predicted molar refractivity (Wildman–Crippen MR) is 72.0 cm³/mol. The second-order valence-electron chi connectivity index (χ2n) is 3.68. The summed E-state index contributed by atoms with van der Waals surface area (Å²) in [6.07, 6.45) is 1.84. The Labute approximate surface area is 113 Å². The van der Waals surface area contributed by atoms with E-state index in [0.717, 1.165) is 17.3 Å². The first-order valence-corrected chi connectivity index (χ1v) is 7.03. The van der Waals surface area contributed by atoms with Gasteiger partial charge in [-0.3, -0.25) is 9.59 Å². The number of hydrogen-bond donors (Lipinski definition) is 1. The fourth-order valence-corrected chi connectivity index (χ4v) is 2.76. The highest BCUT2D eigenvalue weighted by molar-refractivity contribution is 9.10. The molecule has 0 aromatic carbocycles. The minimum absolute atomic E-state index is 0.0195. The largest absolute Gasteiger partial charge is 0.368 e. The van der Waals surface area contributed by atoms with Crippen molar-refractivity contribution in [3.63, 3.8) is 0 Å². The summed E-state index contributed by atoms with van der Waals surface area (Å²) in [6, 6.07) is 1.76. The number of amides is 2. The van der Waals surface area contributed by atoms with Crippen molar-refractivity contribution in [1.29, 1.82) is 0 Å². The molecule has 2 amide bonds. The molecule has 0 bridgehead atoms. The van der Waals surface area contributed by atoms with Crippen LogP contribution in [0.2, 0.25) is 0 Å². The van der Waals surface area contributed by atoms with Gasteiger partial charge in [-0.1, -0.05) is 13.3 Å². The molecule has 0 spiro atoms. The van der Waals surface area contributed by atoms with Gasteiger partial charge < -0.3 is 10.6 Å². The van der Waals surface area contributed by atoms with Crippen LogP contribution < -0.4 is 5.73 Å². The van der Waals surface area contributed by atoms with Crippen molar-refractivity contribution in [3.05, 3.63) is 20.8 Å². The van der Waals surface area contributed by atoms with Crippen molar-refractivity contribution in [2.24, 2.45) is 5.73 Å². The Kier molecular flexibility index (Phi) is 5.64. The molecule has 0 aliphatic carbocycles. The van der Waals surface area contributed by atoms with Gasteiger partial charge in [0.05, 0.1) is 11.4 Å².